The van der Waals surface area contributed by atoms with Gasteiger partial charge in [0, 0.05) is 19.4 Å². The maximum absolute atomic E-state index is 13.1. The summed E-state index contributed by atoms with van der Waals surface area (Å²) in [6, 6.07) is 0. The molecule has 0 bridgehead atoms. The van der Waals surface area contributed by atoms with Crippen LogP contribution in [0.1, 0.15) is 194 Å². The van der Waals surface area contributed by atoms with Crippen LogP contribution in [0.3, 0.4) is 0 Å². The van der Waals surface area contributed by atoms with E-state index in [2.05, 4.69) is 38.2 Å². The molecule has 4 N–H and O–H groups in total. The van der Waals surface area contributed by atoms with Crippen LogP contribution >= 0.6 is 7.82 Å². The maximum atomic E-state index is 13.1. The summed E-state index contributed by atoms with van der Waals surface area (Å²) in [5.74, 6) is -1.23. The molecule has 0 rings (SSSR count). The Labute approximate surface area is 283 Å². The minimum Gasteiger partial charge on any atom is -0.327 e. The first-order valence-corrected chi connectivity index (χ1v) is 20.6. The first-order chi connectivity index (χ1) is 22.2. The molecule has 0 spiro atoms. The van der Waals surface area contributed by atoms with Crippen molar-refractivity contribution in [2.24, 2.45) is 5.73 Å². The summed E-state index contributed by atoms with van der Waals surface area (Å²) < 4.78 is 16.6. The number of carbonyl (C=O) groups excluding carboxylic acids is 2. The number of carbonyl (C=O) groups is 2. The maximum Gasteiger partial charge on any atom is 0.471 e. The van der Waals surface area contributed by atoms with Gasteiger partial charge in [-0.15, -0.1) is 0 Å². The summed E-state index contributed by atoms with van der Waals surface area (Å²) in [6.07, 6.45) is 38.4. The number of allylic oxidation sites excluding steroid dienone is 4. The van der Waals surface area contributed by atoms with Gasteiger partial charge in [-0.2, -0.15) is 0 Å². The first-order valence-electron chi connectivity index (χ1n) is 19.1. The summed E-state index contributed by atoms with van der Waals surface area (Å²) in [6.45, 7) is 3.91. The van der Waals surface area contributed by atoms with Gasteiger partial charge in [0.05, 0.1) is 0 Å². The van der Waals surface area contributed by atoms with Crippen molar-refractivity contribution in [2.45, 2.75) is 199 Å². The molecular formula is C38H72NO6P. The van der Waals surface area contributed by atoms with Crippen LogP contribution in [-0.4, -0.2) is 33.5 Å². The van der Waals surface area contributed by atoms with Crippen LogP contribution in [-0.2, 0) is 18.7 Å². The average molecular weight is 670 g/mol. The Balaban J connectivity index is 4.24. The van der Waals surface area contributed by atoms with E-state index in [0.717, 1.165) is 64.2 Å². The SMILES string of the molecule is CCCCC/C=C\C/C=C\CCCCCCCC(=O)C(CN)(OP(=O)(O)O)C(=O)CCCCCCCCCCCCCCCCC. The van der Waals surface area contributed by atoms with Gasteiger partial charge in [-0.1, -0.05) is 160 Å². The molecule has 0 saturated heterocycles. The third-order valence-corrected chi connectivity index (χ3v) is 9.37. The molecule has 0 radical (unpaired) electrons. The molecule has 0 heterocycles. The van der Waals surface area contributed by atoms with E-state index in [1.54, 1.807) is 0 Å². The van der Waals surface area contributed by atoms with E-state index >= 15 is 0 Å². The van der Waals surface area contributed by atoms with E-state index in [1.807, 2.05) is 0 Å². The van der Waals surface area contributed by atoms with Gasteiger partial charge in [-0.25, -0.2) is 4.57 Å². The molecule has 1 unspecified atom stereocenters. The standard InChI is InChI=1S/C38H72NO6P/c1-3-5-7-9-11-13-15-17-19-21-23-25-27-29-31-33-36(40)38(35-39,45-46(42,43)44)37(41)34-32-30-28-26-24-22-20-18-16-14-12-10-8-6-4-2/h11,13,17,19H,3-10,12,14-16,18,20-35,39H2,1-2H3,(H2,42,43,44)/b13-11-,19-17-. The summed E-state index contributed by atoms with van der Waals surface area (Å²) in [4.78, 5) is 45.3. The smallest absolute Gasteiger partial charge is 0.327 e. The van der Waals surface area contributed by atoms with E-state index in [4.69, 9.17) is 10.3 Å². The van der Waals surface area contributed by atoms with Crippen molar-refractivity contribution in [1.82, 2.24) is 0 Å². The Hall–Kier alpha value is -1.11. The lowest BCUT2D eigenvalue weighted by molar-refractivity contribution is -0.148. The van der Waals surface area contributed by atoms with Crippen molar-refractivity contribution in [2.75, 3.05) is 6.54 Å². The van der Waals surface area contributed by atoms with Crippen molar-refractivity contribution >= 4 is 19.4 Å². The largest absolute Gasteiger partial charge is 0.471 e. The Kier molecular flexibility index (Phi) is 30.4. The second kappa shape index (κ2) is 31.2. The normalized spacial score (nSPS) is 13.6. The third-order valence-electron chi connectivity index (χ3n) is 8.82. The van der Waals surface area contributed by atoms with Gasteiger partial charge in [0.1, 0.15) is 0 Å². The zero-order valence-electron chi connectivity index (χ0n) is 29.9. The lowest BCUT2D eigenvalue weighted by atomic mass is 9.87. The predicted octanol–water partition coefficient (Wildman–Crippen LogP) is 11.0. The van der Waals surface area contributed by atoms with Crippen molar-refractivity contribution in [1.29, 1.82) is 0 Å². The molecule has 270 valence electrons. The highest BCUT2D eigenvalue weighted by atomic mass is 31.2. The van der Waals surface area contributed by atoms with Gasteiger partial charge in [0.2, 0.25) is 5.60 Å². The van der Waals surface area contributed by atoms with E-state index in [9.17, 15) is 23.9 Å². The molecule has 0 aliphatic rings. The van der Waals surface area contributed by atoms with E-state index < -0.39 is 31.5 Å². The fourth-order valence-electron chi connectivity index (χ4n) is 5.88. The van der Waals surface area contributed by atoms with Crippen LogP contribution < -0.4 is 5.73 Å². The number of nitrogens with two attached hydrogens (primary N) is 1. The number of hydrogen-bond acceptors (Lipinski definition) is 5. The van der Waals surface area contributed by atoms with Crippen molar-refractivity contribution in [3.63, 3.8) is 0 Å². The lowest BCUT2D eigenvalue weighted by Gasteiger charge is -2.29. The highest BCUT2D eigenvalue weighted by molar-refractivity contribution is 7.46. The Morgan fingerprint density at radius 1 is 0.565 bits per heavy atom. The topological polar surface area (TPSA) is 127 Å². The molecule has 0 aliphatic carbocycles. The van der Waals surface area contributed by atoms with Crippen LogP contribution in [0, 0.1) is 0 Å². The van der Waals surface area contributed by atoms with Crippen molar-refractivity contribution in [3.8, 4) is 0 Å². The number of phosphoric acid groups is 1. The third kappa shape index (κ3) is 25.9. The predicted molar refractivity (Wildman–Crippen MR) is 194 cm³/mol. The van der Waals surface area contributed by atoms with Gasteiger partial charge in [0.25, 0.3) is 0 Å². The molecule has 1 atom stereocenters. The van der Waals surface area contributed by atoms with E-state index in [-0.39, 0.29) is 12.8 Å². The molecule has 0 aromatic carbocycles. The molecule has 0 aromatic rings. The molecule has 8 heteroatoms. The quantitative estimate of drug-likeness (QED) is 0.0265. The van der Waals surface area contributed by atoms with E-state index in [0.29, 0.717) is 12.8 Å². The van der Waals surface area contributed by atoms with Crippen LogP contribution in [0.5, 0.6) is 0 Å². The summed E-state index contributed by atoms with van der Waals surface area (Å²) in [5, 5.41) is 0. The Morgan fingerprint density at radius 3 is 1.26 bits per heavy atom. The number of hydrogen-bond donors (Lipinski definition) is 3. The van der Waals surface area contributed by atoms with Crippen LogP contribution in [0.4, 0.5) is 0 Å². The second-order valence-electron chi connectivity index (χ2n) is 13.1. The molecule has 46 heavy (non-hydrogen) atoms. The van der Waals surface area contributed by atoms with Gasteiger partial charge in [0.15, 0.2) is 11.6 Å². The molecule has 0 aliphatic heterocycles. The Bertz CT molecular complexity index is 839. The fourth-order valence-corrected chi connectivity index (χ4v) is 6.57. The molecule has 0 amide bonds. The molecular weight excluding hydrogens is 597 g/mol. The number of ketones is 2. The van der Waals surface area contributed by atoms with Crippen LogP contribution in [0.25, 0.3) is 0 Å². The highest BCUT2D eigenvalue weighted by Gasteiger charge is 2.48. The minimum absolute atomic E-state index is 0.0201. The lowest BCUT2D eigenvalue weighted by Crippen LogP contribution is -2.54. The van der Waals surface area contributed by atoms with E-state index in [1.165, 1.54) is 89.9 Å². The summed E-state index contributed by atoms with van der Waals surface area (Å²) >= 11 is 0. The number of Topliss-reactive ketones (excluding diaryl/α,β-unsaturated/α-hetero) is 2. The number of rotatable bonds is 35. The first kappa shape index (κ1) is 44.9. The van der Waals surface area contributed by atoms with Gasteiger partial charge < -0.3 is 15.5 Å². The molecule has 0 saturated carbocycles. The molecule has 0 aromatic heterocycles. The number of phosphoric ester groups is 1. The van der Waals surface area contributed by atoms with Crippen LogP contribution in [0.2, 0.25) is 0 Å². The zero-order valence-corrected chi connectivity index (χ0v) is 30.8. The van der Waals surface area contributed by atoms with Crippen molar-refractivity contribution in [3.05, 3.63) is 24.3 Å². The fraction of sp³-hybridized carbons (Fsp3) is 0.842. The van der Waals surface area contributed by atoms with Gasteiger partial charge in [-0.3, -0.25) is 14.1 Å². The minimum atomic E-state index is -5.09. The summed E-state index contributed by atoms with van der Waals surface area (Å²) in [5.41, 5.74) is 3.55. The molecule has 7 nitrogen and oxygen atoms in total. The monoisotopic (exact) mass is 670 g/mol. The van der Waals surface area contributed by atoms with Gasteiger partial charge >= 0.3 is 7.82 Å². The van der Waals surface area contributed by atoms with Crippen molar-refractivity contribution < 1.29 is 28.5 Å². The Morgan fingerprint density at radius 2 is 0.891 bits per heavy atom. The highest BCUT2D eigenvalue weighted by Crippen LogP contribution is 2.43. The summed E-state index contributed by atoms with van der Waals surface area (Å²) in [7, 11) is -5.09. The molecule has 0 fully saturated rings. The zero-order chi connectivity index (χ0) is 34.2. The van der Waals surface area contributed by atoms with Crippen LogP contribution in [0.15, 0.2) is 24.3 Å². The second-order valence-corrected chi connectivity index (χ2v) is 14.3. The number of unbranched alkanes of at least 4 members (excludes halogenated alkanes) is 22. The van der Waals surface area contributed by atoms with Gasteiger partial charge in [-0.05, 0) is 44.9 Å². The average Bonchev–Trinajstić information content (AvgIpc) is 3.02.